The van der Waals surface area contributed by atoms with Crippen molar-refractivity contribution in [3.8, 4) is 0 Å². The third-order valence-corrected chi connectivity index (χ3v) is 10.4. The van der Waals surface area contributed by atoms with Crippen molar-refractivity contribution in [2.24, 2.45) is 4.99 Å². The Kier molecular flexibility index (Phi) is 10.7. The van der Waals surface area contributed by atoms with Crippen LogP contribution < -0.4 is 10.1 Å². The number of carbonyl (C=O) groups is 4. The first-order valence-corrected chi connectivity index (χ1v) is 17.6. The van der Waals surface area contributed by atoms with E-state index in [9.17, 15) is 27.6 Å². The van der Waals surface area contributed by atoms with Gasteiger partial charge >= 0.3 is 11.9 Å². The fraction of sp³-hybridized carbons (Fsp3) is 0.444. The van der Waals surface area contributed by atoms with Crippen molar-refractivity contribution in [3.63, 3.8) is 0 Å². The summed E-state index contributed by atoms with van der Waals surface area (Å²) in [7, 11) is -4.22. The number of hydrogen-bond donors (Lipinski definition) is 1. The van der Waals surface area contributed by atoms with Crippen LogP contribution in [0.1, 0.15) is 53.9 Å². The van der Waals surface area contributed by atoms with E-state index in [1.807, 2.05) is 0 Å². The summed E-state index contributed by atoms with van der Waals surface area (Å²) in [5.74, 6) is -4.93. The number of aryl methyl sites for hydroxylation is 1. The van der Waals surface area contributed by atoms with E-state index in [0.29, 0.717) is 16.6 Å². The lowest BCUT2D eigenvalue weighted by Crippen LogP contribution is -2.29. The van der Waals surface area contributed by atoms with Crippen molar-refractivity contribution in [2.75, 3.05) is 30.0 Å². The largest absolute Gasteiger partial charge is 0.465 e. The van der Waals surface area contributed by atoms with Gasteiger partial charge in [0, 0.05) is 9.35 Å². The summed E-state index contributed by atoms with van der Waals surface area (Å²) in [6.45, 7) is 3.48. The van der Waals surface area contributed by atoms with Gasteiger partial charge in [0.05, 0.1) is 29.0 Å². The number of ether oxygens (including phenoxy) is 2. The number of benzene rings is 1. The van der Waals surface area contributed by atoms with Crippen molar-refractivity contribution in [1.82, 2.24) is 4.57 Å². The summed E-state index contributed by atoms with van der Waals surface area (Å²) >= 11 is 5.75. The Hall–Kier alpha value is -2.88. The maximum absolute atomic E-state index is 12.8. The molecule has 15 heteroatoms. The molecule has 0 atom stereocenters. The van der Waals surface area contributed by atoms with Gasteiger partial charge in [-0.1, -0.05) is 33.7 Å². The number of thiophene rings is 1. The number of hydrogen-bond acceptors (Lipinski definition) is 10. The number of fused-ring (bicyclic) bond motifs is 2. The zero-order chi connectivity index (χ0) is 30.4. The number of halogens is 1. The fourth-order valence-corrected chi connectivity index (χ4v) is 8.52. The average molecular weight is 701 g/mol. The number of carbonyl (C=O) groups excluding carboxylic acids is 4. The van der Waals surface area contributed by atoms with Crippen molar-refractivity contribution in [1.29, 1.82) is 0 Å². The molecule has 0 unspecified atom stereocenters. The third kappa shape index (κ3) is 7.94. The molecule has 0 fully saturated rings. The standard InChI is InChI=1S/C27H30BrN3O8S3/c1-3-38-23(34)13-31-18-11-10-16(28)12-20(18)41-27(31)30-22(33)15-42(36,37)14-21(32)29-25-24(26(35)39-4-2)17-8-6-5-7-9-19(17)40-25/h10-12H,3-9,13-15H2,1-2H3,(H,29,32). The Morgan fingerprint density at radius 2 is 1.76 bits per heavy atom. The Labute approximate surface area is 259 Å². The molecule has 0 radical (unpaired) electrons. The van der Waals surface area contributed by atoms with Gasteiger partial charge in [0.1, 0.15) is 23.1 Å². The van der Waals surface area contributed by atoms with Crippen LogP contribution in [0.15, 0.2) is 27.7 Å². The number of amides is 2. The molecule has 2 amide bonds. The first kappa shape index (κ1) is 32.0. The smallest absolute Gasteiger partial charge is 0.341 e. The minimum Gasteiger partial charge on any atom is -0.465 e. The lowest BCUT2D eigenvalue weighted by atomic mass is 10.1. The van der Waals surface area contributed by atoms with Crippen LogP contribution in [0.3, 0.4) is 0 Å². The van der Waals surface area contributed by atoms with Gasteiger partial charge < -0.3 is 19.4 Å². The normalized spacial score (nSPS) is 13.8. The maximum Gasteiger partial charge on any atom is 0.341 e. The van der Waals surface area contributed by atoms with E-state index in [1.165, 1.54) is 15.9 Å². The molecule has 0 spiro atoms. The predicted molar refractivity (Wildman–Crippen MR) is 164 cm³/mol. The van der Waals surface area contributed by atoms with Crippen LogP contribution >= 0.6 is 38.6 Å². The summed E-state index contributed by atoms with van der Waals surface area (Å²) in [6.07, 6.45) is 4.33. The minimum absolute atomic E-state index is 0.125. The van der Waals surface area contributed by atoms with Gasteiger partial charge in [-0.3, -0.25) is 14.4 Å². The van der Waals surface area contributed by atoms with Crippen molar-refractivity contribution >= 4 is 87.4 Å². The SMILES string of the molecule is CCOC(=O)Cn1c(=NC(=O)CS(=O)(=O)CC(=O)Nc2sc3c(c2C(=O)OCC)CCCCC3)sc2cc(Br)ccc21. The molecular formula is C27H30BrN3O8S3. The molecular weight excluding hydrogens is 670 g/mol. The van der Waals surface area contributed by atoms with E-state index in [0.717, 1.165) is 51.9 Å². The molecule has 0 saturated carbocycles. The first-order chi connectivity index (χ1) is 20.0. The van der Waals surface area contributed by atoms with Crippen LogP contribution in [0.4, 0.5) is 5.00 Å². The summed E-state index contributed by atoms with van der Waals surface area (Å²) in [5, 5.41) is 2.83. The van der Waals surface area contributed by atoms with Crippen molar-refractivity contribution < 1.29 is 37.1 Å². The van der Waals surface area contributed by atoms with E-state index in [4.69, 9.17) is 9.47 Å². The quantitative estimate of drug-likeness (QED) is 0.246. The second-order valence-corrected chi connectivity index (χ2v) is 14.6. The Balaban J connectivity index is 1.53. The van der Waals surface area contributed by atoms with Crippen LogP contribution in [0.2, 0.25) is 0 Å². The van der Waals surface area contributed by atoms with Crippen LogP contribution in [-0.4, -0.2) is 61.5 Å². The second-order valence-electron chi connectivity index (χ2n) is 9.46. The number of aromatic nitrogens is 1. The Bertz CT molecular complexity index is 1700. The van der Waals surface area contributed by atoms with E-state index < -0.39 is 45.1 Å². The summed E-state index contributed by atoms with van der Waals surface area (Å²) in [5.41, 5.74) is 1.74. The molecule has 1 aromatic carbocycles. The van der Waals surface area contributed by atoms with Crippen molar-refractivity contribution in [2.45, 2.75) is 52.5 Å². The van der Waals surface area contributed by atoms with Crippen molar-refractivity contribution in [3.05, 3.63) is 43.5 Å². The Morgan fingerprint density at radius 3 is 2.50 bits per heavy atom. The number of sulfone groups is 1. The minimum atomic E-state index is -4.22. The molecule has 42 heavy (non-hydrogen) atoms. The highest BCUT2D eigenvalue weighted by Crippen LogP contribution is 2.38. The number of rotatable bonds is 10. The number of esters is 2. The van der Waals surface area contributed by atoms with Gasteiger partial charge in [-0.25, -0.2) is 13.2 Å². The van der Waals surface area contributed by atoms with Crippen LogP contribution in [-0.2, 0) is 53.1 Å². The van der Waals surface area contributed by atoms with Gasteiger partial charge in [0.25, 0.3) is 5.91 Å². The maximum atomic E-state index is 12.8. The summed E-state index contributed by atoms with van der Waals surface area (Å²) in [6, 6.07) is 5.31. The summed E-state index contributed by atoms with van der Waals surface area (Å²) in [4.78, 5) is 55.6. The van der Waals surface area contributed by atoms with E-state index in [1.54, 1.807) is 32.0 Å². The van der Waals surface area contributed by atoms with Gasteiger partial charge in [-0.15, -0.1) is 11.3 Å². The molecule has 2 heterocycles. The molecule has 226 valence electrons. The van der Waals surface area contributed by atoms with Crippen LogP contribution in [0.25, 0.3) is 10.2 Å². The highest BCUT2D eigenvalue weighted by Gasteiger charge is 2.28. The molecule has 0 saturated heterocycles. The zero-order valence-corrected chi connectivity index (χ0v) is 27.1. The molecule has 1 aliphatic rings. The van der Waals surface area contributed by atoms with E-state index in [-0.39, 0.29) is 35.1 Å². The third-order valence-electron chi connectivity index (χ3n) is 6.31. The highest BCUT2D eigenvalue weighted by atomic mass is 79.9. The van der Waals surface area contributed by atoms with Gasteiger partial charge in [0.2, 0.25) is 5.91 Å². The summed E-state index contributed by atoms with van der Waals surface area (Å²) < 4.78 is 38.9. The molecule has 3 aromatic rings. The monoisotopic (exact) mass is 699 g/mol. The van der Waals surface area contributed by atoms with Gasteiger partial charge in [-0.05, 0) is 63.3 Å². The molecule has 1 N–H and O–H groups in total. The Morgan fingerprint density at radius 1 is 1.02 bits per heavy atom. The molecule has 2 aromatic heterocycles. The number of thiazole rings is 1. The fourth-order valence-electron chi connectivity index (χ4n) is 4.61. The first-order valence-electron chi connectivity index (χ1n) is 13.3. The van der Waals surface area contributed by atoms with Crippen LogP contribution in [0, 0.1) is 0 Å². The molecule has 0 aliphatic heterocycles. The predicted octanol–water partition coefficient (Wildman–Crippen LogP) is 4.02. The second kappa shape index (κ2) is 14.1. The van der Waals surface area contributed by atoms with E-state index >= 15 is 0 Å². The molecule has 0 bridgehead atoms. The lowest BCUT2D eigenvalue weighted by molar-refractivity contribution is -0.143. The number of nitrogens with zero attached hydrogens (tertiary/aromatic N) is 2. The number of anilines is 1. The van der Waals surface area contributed by atoms with Gasteiger partial charge in [-0.2, -0.15) is 4.99 Å². The highest BCUT2D eigenvalue weighted by molar-refractivity contribution is 9.10. The van der Waals surface area contributed by atoms with Gasteiger partial charge in [0.15, 0.2) is 14.6 Å². The van der Waals surface area contributed by atoms with E-state index in [2.05, 4.69) is 26.2 Å². The zero-order valence-electron chi connectivity index (χ0n) is 23.1. The van der Waals surface area contributed by atoms with Crippen LogP contribution in [0.5, 0.6) is 0 Å². The topological polar surface area (TPSA) is 150 Å². The molecule has 1 aliphatic carbocycles. The molecule has 11 nitrogen and oxygen atoms in total. The number of nitrogens with one attached hydrogen (secondary N) is 1. The average Bonchev–Trinajstić information content (AvgIpc) is 3.29. The molecule has 4 rings (SSSR count). The lowest BCUT2D eigenvalue weighted by Gasteiger charge is -2.08.